The number of hydrogen-bond donors (Lipinski definition) is 0. The molecule has 0 aliphatic rings. The fourth-order valence-corrected chi connectivity index (χ4v) is 1.23. The Labute approximate surface area is 86.0 Å². The zero-order valence-electron chi connectivity index (χ0n) is 8.00. The molecule has 0 saturated heterocycles. The molecule has 1 rings (SSSR count). The number of carbonyl (C=O) groups is 1. The molecular weight excluding hydrogens is 208 g/mol. The smallest absolute Gasteiger partial charge is 0.360 e. The highest BCUT2D eigenvalue weighted by Gasteiger charge is 2.19. The number of halogens is 1. The van der Waals surface area contributed by atoms with E-state index in [1.807, 2.05) is 0 Å². The van der Waals surface area contributed by atoms with Crippen molar-refractivity contribution in [3.8, 4) is 5.75 Å². The van der Waals surface area contributed by atoms with Gasteiger partial charge in [0, 0.05) is 0 Å². The van der Waals surface area contributed by atoms with Gasteiger partial charge in [0.2, 0.25) is 0 Å². The third kappa shape index (κ3) is 1.93. The van der Waals surface area contributed by atoms with Crippen LogP contribution in [0, 0.1) is 6.92 Å². The van der Waals surface area contributed by atoms with E-state index in [4.69, 9.17) is 16.3 Å². The standard InChI is InChI=1S/C8H9ClN2O3/c1-4-10-5(8(12)14-3)6(13-2)7(9)11-4/h1-3H3. The first kappa shape index (κ1) is 10.7. The molecule has 0 radical (unpaired) electrons. The van der Waals surface area contributed by atoms with Gasteiger partial charge in [0.25, 0.3) is 0 Å². The van der Waals surface area contributed by atoms with Gasteiger partial charge in [0.1, 0.15) is 5.82 Å². The lowest BCUT2D eigenvalue weighted by Crippen LogP contribution is -2.09. The second kappa shape index (κ2) is 4.23. The number of aryl methyl sites for hydroxylation is 1. The van der Waals surface area contributed by atoms with Gasteiger partial charge in [-0.15, -0.1) is 0 Å². The van der Waals surface area contributed by atoms with Crippen molar-refractivity contribution in [3.05, 3.63) is 16.7 Å². The lowest BCUT2D eigenvalue weighted by Gasteiger charge is -2.07. The van der Waals surface area contributed by atoms with Crippen LogP contribution in [0.1, 0.15) is 16.3 Å². The van der Waals surface area contributed by atoms with Crippen molar-refractivity contribution in [3.63, 3.8) is 0 Å². The zero-order chi connectivity index (χ0) is 10.7. The summed E-state index contributed by atoms with van der Waals surface area (Å²) in [4.78, 5) is 19.0. The Morgan fingerprint density at radius 2 is 2.00 bits per heavy atom. The summed E-state index contributed by atoms with van der Waals surface area (Å²) in [5.74, 6) is -0.0884. The van der Waals surface area contributed by atoms with Crippen molar-refractivity contribution in [2.45, 2.75) is 6.92 Å². The van der Waals surface area contributed by atoms with Gasteiger partial charge in [0.15, 0.2) is 16.6 Å². The molecule has 5 nitrogen and oxygen atoms in total. The number of hydrogen-bond acceptors (Lipinski definition) is 5. The number of esters is 1. The normalized spacial score (nSPS) is 9.71. The maximum absolute atomic E-state index is 11.2. The minimum absolute atomic E-state index is 0.0347. The van der Waals surface area contributed by atoms with Gasteiger partial charge in [0.05, 0.1) is 14.2 Å². The van der Waals surface area contributed by atoms with Crippen LogP contribution in [0.2, 0.25) is 5.15 Å². The lowest BCUT2D eigenvalue weighted by atomic mass is 10.3. The van der Waals surface area contributed by atoms with Gasteiger partial charge in [-0.1, -0.05) is 11.6 Å². The molecular formula is C8H9ClN2O3. The second-order valence-electron chi connectivity index (χ2n) is 2.44. The van der Waals surface area contributed by atoms with E-state index in [1.54, 1.807) is 6.92 Å². The topological polar surface area (TPSA) is 61.3 Å². The molecule has 0 unspecified atom stereocenters. The zero-order valence-corrected chi connectivity index (χ0v) is 8.75. The first-order chi connectivity index (χ1) is 6.60. The third-order valence-corrected chi connectivity index (χ3v) is 1.78. The van der Waals surface area contributed by atoms with E-state index in [2.05, 4.69) is 14.7 Å². The number of ether oxygens (including phenoxy) is 2. The Morgan fingerprint density at radius 1 is 1.36 bits per heavy atom. The number of nitrogens with zero attached hydrogens (tertiary/aromatic N) is 2. The van der Waals surface area contributed by atoms with Gasteiger partial charge in [-0.2, -0.15) is 0 Å². The molecule has 0 aromatic carbocycles. The molecule has 0 saturated carbocycles. The Bertz CT molecular complexity index is 368. The number of aromatic nitrogens is 2. The summed E-state index contributed by atoms with van der Waals surface area (Å²) in [6.45, 7) is 1.62. The fourth-order valence-electron chi connectivity index (χ4n) is 0.944. The van der Waals surface area contributed by atoms with E-state index >= 15 is 0 Å². The molecule has 6 heteroatoms. The molecule has 0 N–H and O–H groups in total. The molecule has 0 fully saturated rings. The van der Waals surface area contributed by atoms with Crippen LogP contribution in [0.5, 0.6) is 5.75 Å². The molecule has 0 amide bonds. The quantitative estimate of drug-likeness (QED) is 0.550. The summed E-state index contributed by atoms with van der Waals surface area (Å²) >= 11 is 5.75. The van der Waals surface area contributed by atoms with Crippen LogP contribution >= 0.6 is 11.6 Å². The third-order valence-electron chi connectivity index (χ3n) is 1.52. The van der Waals surface area contributed by atoms with Gasteiger partial charge < -0.3 is 9.47 Å². The second-order valence-corrected chi connectivity index (χ2v) is 2.79. The van der Waals surface area contributed by atoms with Crippen molar-refractivity contribution in [2.75, 3.05) is 14.2 Å². The van der Waals surface area contributed by atoms with Crippen molar-refractivity contribution in [1.82, 2.24) is 9.97 Å². The molecule has 1 aromatic rings. The van der Waals surface area contributed by atoms with E-state index in [-0.39, 0.29) is 16.6 Å². The molecule has 0 spiro atoms. The van der Waals surface area contributed by atoms with Crippen LogP contribution in [-0.2, 0) is 4.74 Å². The molecule has 0 aliphatic heterocycles. The van der Waals surface area contributed by atoms with Crippen LogP contribution in [0.15, 0.2) is 0 Å². The van der Waals surface area contributed by atoms with Crippen LogP contribution in [0.4, 0.5) is 0 Å². The van der Waals surface area contributed by atoms with Gasteiger partial charge >= 0.3 is 5.97 Å². The van der Waals surface area contributed by atoms with Crippen LogP contribution in [0.3, 0.4) is 0 Å². The summed E-state index contributed by atoms with van der Waals surface area (Å²) in [5.41, 5.74) is 0.0347. The van der Waals surface area contributed by atoms with Crippen LogP contribution in [-0.4, -0.2) is 30.2 Å². The first-order valence-corrected chi connectivity index (χ1v) is 4.14. The molecule has 0 aliphatic carbocycles. The van der Waals surface area contributed by atoms with E-state index in [1.165, 1.54) is 14.2 Å². The average Bonchev–Trinajstić information content (AvgIpc) is 2.15. The molecule has 1 heterocycles. The van der Waals surface area contributed by atoms with Gasteiger partial charge in [-0.3, -0.25) is 0 Å². The Kier molecular flexibility index (Phi) is 3.24. The number of carbonyl (C=O) groups excluding carboxylic acids is 1. The minimum Gasteiger partial charge on any atom is -0.491 e. The number of methoxy groups -OCH3 is 2. The maximum Gasteiger partial charge on any atom is 0.360 e. The molecule has 0 atom stereocenters. The molecule has 1 aromatic heterocycles. The Hall–Kier alpha value is -1.36. The molecule has 14 heavy (non-hydrogen) atoms. The van der Waals surface area contributed by atoms with E-state index in [9.17, 15) is 4.79 Å². The molecule has 76 valence electrons. The average molecular weight is 217 g/mol. The SMILES string of the molecule is COC(=O)c1nc(C)nc(Cl)c1OC. The van der Waals surface area contributed by atoms with Crippen LogP contribution < -0.4 is 4.74 Å². The fraction of sp³-hybridized carbons (Fsp3) is 0.375. The summed E-state index contributed by atoms with van der Waals surface area (Å²) in [7, 11) is 2.64. The summed E-state index contributed by atoms with van der Waals surface area (Å²) in [5, 5.41) is 0.0976. The number of rotatable bonds is 2. The molecule has 0 bridgehead atoms. The monoisotopic (exact) mass is 216 g/mol. The summed E-state index contributed by atoms with van der Waals surface area (Å²) in [6.07, 6.45) is 0. The Morgan fingerprint density at radius 3 is 2.50 bits per heavy atom. The summed E-state index contributed by atoms with van der Waals surface area (Å²) in [6, 6.07) is 0. The predicted molar refractivity (Wildman–Crippen MR) is 49.7 cm³/mol. The maximum atomic E-state index is 11.2. The van der Waals surface area contributed by atoms with Crippen molar-refractivity contribution in [2.24, 2.45) is 0 Å². The lowest BCUT2D eigenvalue weighted by molar-refractivity contribution is 0.0589. The van der Waals surface area contributed by atoms with E-state index < -0.39 is 5.97 Å². The first-order valence-electron chi connectivity index (χ1n) is 3.76. The summed E-state index contributed by atoms with van der Waals surface area (Å²) < 4.78 is 9.42. The largest absolute Gasteiger partial charge is 0.491 e. The van der Waals surface area contributed by atoms with Crippen molar-refractivity contribution in [1.29, 1.82) is 0 Å². The van der Waals surface area contributed by atoms with E-state index in [0.717, 1.165) is 0 Å². The van der Waals surface area contributed by atoms with Crippen LogP contribution in [0.25, 0.3) is 0 Å². The Balaban J connectivity index is 3.32. The highest BCUT2D eigenvalue weighted by molar-refractivity contribution is 6.31. The van der Waals surface area contributed by atoms with Crippen molar-refractivity contribution >= 4 is 17.6 Å². The predicted octanol–water partition coefficient (Wildman–Crippen LogP) is 1.23. The van der Waals surface area contributed by atoms with Gasteiger partial charge in [-0.05, 0) is 6.92 Å². The highest BCUT2D eigenvalue weighted by atomic mass is 35.5. The van der Waals surface area contributed by atoms with Gasteiger partial charge in [-0.25, -0.2) is 14.8 Å². The minimum atomic E-state index is -0.603. The van der Waals surface area contributed by atoms with Crippen molar-refractivity contribution < 1.29 is 14.3 Å². The van der Waals surface area contributed by atoms with E-state index in [0.29, 0.717) is 5.82 Å². The highest BCUT2D eigenvalue weighted by Crippen LogP contribution is 2.25.